The molecule has 0 saturated heterocycles. The molecular weight excluding hydrogens is 336 g/mol. The second-order valence-corrected chi connectivity index (χ2v) is 4.98. The number of halogens is 6. The fraction of sp³-hybridized carbons (Fsp3) is 0.188. The van der Waals surface area contributed by atoms with Crippen LogP contribution in [0, 0.1) is 0 Å². The Kier molecular flexibility index (Phi) is 4.59. The molecule has 0 bridgehead atoms. The first-order valence-electron chi connectivity index (χ1n) is 6.65. The van der Waals surface area contributed by atoms with Crippen LogP contribution in [0.4, 0.5) is 37.7 Å². The van der Waals surface area contributed by atoms with Gasteiger partial charge in [0, 0.05) is 11.3 Å². The Morgan fingerprint density at radius 3 is 2.04 bits per heavy atom. The molecule has 128 valence electrons. The molecule has 0 amide bonds. The van der Waals surface area contributed by atoms with Crippen LogP contribution in [0.5, 0.6) is 0 Å². The zero-order chi connectivity index (χ0) is 18.1. The average molecular weight is 347 g/mol. The van der Waals surface area contributed by atoms with Gasteiger partial charge in [0.2, 0.25) is 0 Å². The molecule has 0 radical (unpaired) electrons. The van der Waals surface area contributed by atoms with Gasteiger partial charge in [0.25, 0.3) is 0 Å². The zero-order valence-corrected chi connectivity index (χ0v) is 12.2. The van der Waals surface area contributed by atoms with Gasteiger partial charge in [0.15, 0.2) is 5.78 Å². The maximum absolute atomic E-state index is 13.1. The number of benzene rings is 2. The van der Waals surface area contributed by atoms with Crippen LogP contribution in [0.2, 0.25) is 0 Å². The van der Waals surface area contributed by atoms with Gasteiger partial charge in [-0.05, 0) is 37.3 Å². The Balaban J connectivity index is 2.58. The molecule has 24 heavy (non-hydrogen) atoms. The van der Waals surface area contributed by atoms with Gasteiger partial charge in [-0.2, -0.15) is 26.3 Å². The Morgan fingerprint density at radius 1 is 0.875 bits per heavy atom. The molecule has 0 spiro atoms. The molecule has 8 heteroatoms. The lowest BCUT2D eigenvalue weighted by Gasteiger charge is -2.18. The molecule has 0 aliphatic carbocycles. The average Bonchev–Trinajstić information content (AvgIpc) is 2.45. The second kappa shape index (κ2) is 6.18. The first kappa shape index (κ1) is 17.8. The van der Waals surface area contributed by atoms with E-state index in [9.17, 15) is 31.1 Å². The normalized spacial score (nSPS) is 12.1. The van der Waals surface area contributed by atoms with Crippen LogP contribution in [0.3, 0.4) is 0 Å². The quantitative estimate of drug-likeness (QED) is 0.572. The van der Waals surface area contributed by atoms with Crippen molar-refractivity contribution in [3.05, 3.63) is 59.2 Å². The minimum absolute atomic E-state index is 0.00479. The number of rotatable bonds is 3. The van der Waals surface area contributed by atoms with Crippen LogP contribution in [0.15, 0.2) is 42.5 Å². The number of ketones is 1. The number of hydrogen-bond donors (Lipinski definition) is 1. The number of carbonyl (C=O) groups excluding carboxylic acids is 1. The smallest absolute Gasteiger partial charge is 0.354 e. The molecule has 0 heterocycles. The summed E-state index contributed by atoms with van der Waals surface area (Å²) in [5.74, 6) is -0.432. The predicted octanol–water partition coefficient (Wildman–Crippen LogP) is 5.67. The van der Waals surface area contributed by atoms with Crippen LogP contribution in [0.1, 0.15) is 28.4 Å². The highest BCUT2D eigenvalue weighted by Crippen LogP contribution is 2.40. The molecule has 0 aromatic heterocycles. The van der Waals surface area contributed by atoms with Crippen molar-refractivity contribution in [2.45, 2.75) is 19.3 Å². The third-order valence-corrected chi connectivity index (χ3v) is 3.23. The summed E-state index contributed by atoms with van der Waals surface area (Å²) in [5, 5.41) is 2.30. The lowest BCUT2D eigenvalue weighted by atomic mass is 10.1. The largest absolute Gasteiger partial charge is 0.418 e. The van der Waals surface area contributed by atoms with E-state index >= 15 is 0 Å². The van der Waals surface area contributed by atoms with E-state index in [0.29, 0.717) is 18.2 Å². The van der Waals surface area contributed by atoms with Crippen LogP contribution in [-0.4, -0.2) is 5.78 Å². The van der Waals surface area contributed by atoms with Crippen LogP contribution >= 0.6 is 0 Å². The molecule has 2 nitrogen and oxygen atoms in total. The van der Waals surface area contributed by atoms with Gasteiger partial charge < -0.3 is 5.32 Å². The topological polar surface area (TPSA) is 29.1 Å². The summed E-state index contributed by atoms with van der Waals surface area (Å²) in [5.41, 5.74) is -3.18. The summed E-state index contributed by atoms with van der Waals surface area (Å²) < 4.78 is 77.5. The summed E-state index contributed by atoms with van der Waals surface area (Å²) >= 11 is 0. The number of alkyl halides is 6. The molecule has 0 aliphatic heterocycles. The van der Waals surface area contributed by atoms with Gasteiger partial charge in [-0.15, -0.1) is 0 Å². The van der Waals surface area contributed by atoms with E-state index in [2.05, 4.69) is 5.32 Å². The predicted molar refractivity (Wildman–Crippen MR) is 76.2 cm³/mol. The van der Waals surface area contributed by atoms with Crippen molar-refractivity contribution in [2.75, 3.05) is 5.32 Å². The maximum Gasteiger partial charge on any atom is 0.418 e. The number of hydrogen-bond acceptors (Lipinski definition) is 2. The van der Waals surface area contributed by atoms with E-state index in [4.69, 9.17) is 0 Å². The second-order valence-electron chi connectivity index (χ2n) is 4.98. The number of nitrogens with one attached hydrogen (secondary N) is 1. The van der Waals surface area contributed by atoms with Crippen molar-refractivity contribution < 1.29 is 31.1 Å². The number of Topliss-reactive ketones (excluding diaryl/α,β-unsaturated/α-hetero) is 1. The van der Waals surface area contributed by atoms with Gasteiger partial charge >= 0.3 is 12.4 Å². The van der Waals surface area contributed by atoms with Crippen molar-refractivity contribution in [3.8, 4) is 0 Å². The van der Waals surface area contributed by atoms with Gasteiger partial charge in [0.1, 0.15) is 0 Å². The first-order valence-corrected chi connectivity index (χ1v) is 6.65. The lowest BCUT2D eigenvalue weighted by molar-refractivity contribution is -0.140. The monoisotopic (exact) mass is 347 g/mol. The summed E-state index contributed by atoms with van der Waals surface area (Å²) in [4.78, 5) is 11.5. The van der Waals surface area contributed by atoms with E-state index in [1.54, 1.807) is 0 Å². The molecule has 0 fully saturated rings. The lowest BCUT2D eigenvalue weighted by Crippen LogP contribution is -2.13. The van der Waals surface area contributed by atoms with Crippen molar-refractivity contribution in [1.29, 1.82) is 0 Å². The molecule has 1 N–H and O–H groups in total. The first-order chi connectivity index (χ1) is 11.0. The van der Waals surface area contributed by atoms with E-state index in [1.165, 1.54) is 31.2 Å². The highest BCUT2D eigenvalue weighted by atomic mass is 19.4. The molecule has 2 aromatic rings. The summed E-state index contributed by atoms with van der Waals surface area (Å²) in [6, 6.07) is 6.74. The van der Waals surface area contributed by atoms with E-state index in [1.807, 2.05) is 0 Å². The molecule has 2 rings (SSSR count). The number of carbonyl (C=O) groups is 1. The highest BCUT2D eigenvalue weighted by molar-refractivity contribution is 6.00. The summed E-state index contributed by atoms with van der Waals surface area (Å²) in [6.45, 7) is 1.21. The number of anilines is 2. The van der Waals surface area contributed by atoms with Crippen LogP contribution in [0.25, 0.3) is 0 Å². The van der Waals surface area contributed by atoms with E-state index < -0.39 is 35.0 Å². The maximum atomic E-state index is 13.1. The Morgan fingerprint density at radius 2 is 1.50 bits per heavy atom. The third kappa shape index (κ3) is 3.87. The summed E-state index contributed by atoms with van der Waals surface area (Å²) in [6.07, 6.45) is -9.64. The van der Waals surface area contributed by atoms with Gasteiger partial charge in [-0.3, -0.25) is 4.79 Å². The van der Waals surface area contributed by atoms with Gasteiger partial charge in [0.05, 0.1) is 16.8 Å². The van der Waals surface area contributed by atoms with Crippen molar-refractivity contribution in [3.63, 3.8) is 0 Å². The molecule has 0 atom stereocenters. The van der Waals surface area contributed by atoms with Gasteiger partial charge in [-0.1, -0.05) is 12.1 Å². The Bertz CT molecular complexity index is 764. The van der Waals surface area contributed by atoms with Crippen LogP contribution in [-0.2, 0) is 12.4 Å². The Labute approximate surface area is 133 Å². The van der Waals surface area contributed by atoms with Crippen molar-refractivity contribution in [1.82, 2.24) is 0 Å². The standard InChI is InChI=1S/C16H11F6NO/c1-9(24)11-4-2-3-5-13(11)23-14-8-10(15(17,18)19)6-7-12(14)16(20,21)22/h2-8,23H,1H3. The van der Waals surface area contributed by atoms with Crippen molar-refractivity contribution in [2.24, 2.45) is 0 Å². The van der Waals surface area contributed by atoms with E-state index in [0.717, 1.165) is 0 Å². The minimum Gasteiger partial charge on any atom is -0.354 e. The highest BCUT2D eigenvalue weighted by Gasteiger charge is 2.37. The molecule has 2 aromatic carbocycles. The molecular formula is C16H11F6NO. The Hall–Kier alpha value is -2.51. The van der Waals surface area contributed by atoms with Gasteiger partial charge in [-0.25, -0.2) is 0 Å². The SMILES string of the molecule is CC(=O)c1ccccc1Nc1cc(C(F)(F)F)ccc1C(F)(F)F. The summed E-state index contributed by atoms with van der Waals surface area (Å²) in [7, 11) is 0. The number of para-hydroxylation sites is 1. The van der Waals surface area contributed by atoms with E-state index in [-0.39, 0.29) is 11.3 Å². The van der Waals surface area contributed by atoms with Crippen LogP contribution < -0.4 is 5.32 Å². The minimum atomic E-state index is -4.85. The fourth-order valence-electron chi connectivity index (χ4n) is 2.12. The molecule has 0 unspecified atom stereocenters. The molecule has 0 aliphatic rings. The van der Waals surface area contributed by atoms with Crippen molar-refractivity contribution >= 4 is 17.2 Å². The zero-order valence-electron chi connectivity index (χ0n) is 12.2. The third-order valence-electron chi connectivity index (χ3n) is 3.23. The molecule has 0 saturated carbocycles. The fourth-order valence-corrected chi connectivity index (χ4v) is 2.12.